The van der Waals surface area contributed by atoms with Crippen LogP contribution >= 0.6 is 0 Å². The summed E-state index contributed by atoms with van der Waals surface area (Å²) >= 11 is 0. The highest BCUT2D eigenvalue weighted by molar-refractivity contribution is 6.03. The van der Waals surface area contributed by atoms with Gasteiger partial charge in [0, 0.05) is 18.2 Å². The van der Waals surface area contributed by atoms with Crippen molar-refractivity contribution >= 4 is 17.8 Å². The van der Waals surface area contributed by atoms with Crippen molar-refractivity contribution < 1.29 is 23.5 Å². The van der Waals surface area contributed by atoms with Gasteiger partial charge in [-0.15, -0.1) is 0 Å². The van der Waals surface area contributed by atoms with Crippen LogP contribution < -0.4 is 5.32 Å². The number of rotatable bonds is 4. The quantitative estimate of drug-likeness (QED) is 0.577. The Morgan fingerprint density at radius 1 is 1.15 bits per heavy atom. The molecule has 0 spiro atoms. The third-order valence-corrected chi connectivity index (χ3v) is 5.24. The van der Waals surface area contributed by atoms with E-state index in [1.165, 1.54) is 24.3 Å². The Bertz CT molecular complexity index is 1150. The number of nitrogens with zero attached hydrogens (tertiary/aromatic N) is 2. The fourth-order valence-corrected chi connectivity index (χ4v) is 3.54. The van der Waals surface area contributed by atoms with Crippen LogP contribution in [0.5, 0.6) is 0 Å². The summed E-state index contributed by atoms with van der Waals surface area (Å²) in [4.78, 5) is 26.4. The fraction of sp³-hybridized carbons (Fsp3) is 0.320. The molecular weight excluding hydrogens is 439 g/mol. The largest absolute Gasteiger partial charge is 0.444 e. The number of morpholine rings is 1. The first-order chi connectivity index (χ1) is 16.2. The summed E-state index contributed by atoms with van der Waals surface area (Å²) in [6.07, 6.45) is -0.590. The van der Waals surface area contributed by atoms with Crippen LogP contribution in [0.4, 0.5) is 15.0 Å². The lowest BCUT2D eigenvalue weighted by Crippen LogP contribution is -2.44. The van der Waals surface area contributed by atoms with E-state index in [0.717, 1.165) is 16.8 Å². The zero-order valence-electron chi connectivity index (χ0n) is 19.3. The Kier molecular flexibility index (Phi) is 6.65. The standard InChI is InChI=1S/C25H27FN4O4/c1-25(2,3)34-24(32)30-12-13-33-21(15-30)17-6-4-16(5-7-17)20-14-22(29-28-20)27-23(31)18-8-10-19(26)11-9-18/h4-11,14,21H,12-13,15H2,1-3H3,(H2,27,28,29,31)/t21-/m1/s1. The molecule has 178 valence electrons. The number of carbonyl (C=O) groups is 2. The smallest absolute Gasteiger partial charge is 0.410 e. The number of aromatic nitrogens is 2. The summed E-state index contributed by atoms with van der Waals surface area (Å²) in [6.45, 7) is 6.87. The van der Waals surface area contributed by atoms with E-state index in [1.54, 1.807) is 11.0 Å². The van der Waals surface area contributed by atoms with Crippen molar-refractivity contribution in [3.8, 4) is 11.3 Å². The van der Waals surface area contributed by atoms with Gasteiger partial charge in [0.25, 0.3) is 5.91 Å². The molecule has 9 heteroatoms. The van der Waals surface area contributed by atoms with Gasteiger partial charge in [-0.1, -0.05) is 24.3 Å². The fourth-order valence-electron chi connectivity index (χ4n) is 3.54. The molecule has 0 aliphatic carbocycles. The third kappa shape index (κ3) is 5.79. The molecule has 0 unspecified atom stereocenters. The Hall–Kier alpha value is -3.72. The van der Waals surface area contributed by atoms with E-state index in [0.29, 0.717) is 31.1 Å². The van der Waals surface area contributed by atoms with Crippen LogP contribution in [0, 0.1) is 5.82 Å². The van der Waals surface area contributed by atoms with Gasteiger partial charge in [-0.05, 0) is 56.2 Å². The van der Waals surface area contributed by atoms with Gasteiger partial charge in [0.1, 0.15) is 17.5 Å². The number of carbonyl (C=O) groups excluding carboxylic acids is 2. The lowest BCUT2D eigenvalue weighted by Gasteiger charge is -2.34. The molecule has 4 rings (SSSR count). The highest BCUT2D eigenvalue weighted by Crippen LogP contribution is 2.27. The number of anilines is 1. The minimum Gasteiger partial charge on any atom is -0.444 e. The lowest BCUT2D eigenvalue weighted by molar-refractivity contribution is -0.0432. The van der Waals surface area contributed by atoms with Gasteiger partial charge in [-0.2, -0.15) is 5.10 Å². The predicted octanol–water partition coefficient (Wildman–Crippen LogP) is 4.78. The number of H-pyrrole nitrogens is 1. The zero-order valence-corrected chi connectivity index (χ0v) is 19.3. The van der Waals surface area contributed by atoms with Crippen LogP contribution in [-0.4, -0.2) is 52.4 Å². The molecular formula is C25H27FN4O4. The number of ether oxygens (including phenoxy) is 2. The van der Waals surface area contributed by atoms with Crippen LogP contribution in [0.25, 0.3) is 11.3 Å². The SMILES string of the molecule is CC(C)(C)OC(=O)N1CCO[C@@H](c2ccc(-c3cc(NC(=O)c4ccc(F)cc4)n[nH]3)cc2)C1. The zero-order chi connectivity index (χ0) is 24.3. The number of halogens is 1. The number of hydrogen-bond donors (Lipinski definition) is 2. The lowest BCUT2D eigenvalue weighted by atomic mass is 10.0. The van der Waals surface area contributed by atoms with E-state index in [2.05, 4.69) is 15.5 Å². The third-order valence-electron chi connectivity index (χ3n) is 5.24. The van der Waals surface area contributed by atoms with E-state index in [9.17, 15) is 14.0 Å². The average molecular weight is 467 g/mol. The molecule has 1 saturated heterocycles. The molecule has 2 N–H and O–H groups in total. The molecule has 1 atom stereocenters. The minimum absolute atomic E-state index is 0.248. The molecule has 1 aliphatic heterocycles. The molecule has 1 aromatic heterocycles. The van der Waals surface area contributed by atoms with Crippen molar-refractivity contribution in [2.24, 2.45) is 0 Å². The predicted molar refractivity (Wildman–Crippen MR) is 125 cm³/mol. The Morgan fingerprint density at radius 3 is 2.53 bits per heavy atom. The minimum atomic E-state index is -0.548. The van der Waals surface area contributed by atoms with Gasteiger partial charge in [-0.3, -0.25) is 9.89 Å². The highest BCUT2D eigenvalue weighted by atomic mass is 19.1. The molecule has 3 aromatic rings. The van der Waals surface area contributed by atoms with Crippen molar-refractivity contribution in [1.82, 2.24) is 15.1 Å². The number of aromatic amines is 1. The van der Waals surface area contributed by atoms with E-state index >= 15 is 0 Å². The summed E-state index contributed by atoms with van der Waals surface area (Å²) in [6, 6.07) is 14.7. The number of nitrogens with one attached hydrogen (secondary N) is 2. The molecule has 0 radical (unpaired) electrons. The van der Waals surface area contributed by atoms with E-state index in [4.69, 9.17) is 9.47 Å². The number of benzene rings is 2. The van der Waals surface area contributed by atoms with Gasteiger partial charge in [0.2, 0.25) is 0 Å². The normalized spacial score (nSPS) is 16.2. The average Bonchev–Trinajstić information content (AvgIpc) is 3.27. The molecule has 1 aliphatic rings. The van der Waals surface area contributed by atoms with Crippen LogP contribution in [0.1, 0.15) is 42.8 Å². The highest BCUT2D eigenvalue weighted by Gasteiger charge is 2.29. The van der Waals surface area contributed by atoms with Crippen LogP contribution in [-0.2, 0) is 9.47 Å². The van der Waals surface area contributed by atoms with E-state index < -0.39 is 11.4 Å². The Labute approximate surface area is 197 Å². The second kappa shape index (κ2) is 9.64. The second-order valence-corrected chi connectivity index (χ2v) is 9.04. The molecule has 2 heterocycles. The summed E-state index contributed by atoms with van der Waals surface area (Å²) in [5.41, 5.74) is 2.33. The van der Waals surface area contributed by atoms with Crippen molar-refractivity contribution in [2.45, 2.75) is 32.5 Å². The maximum absolute atomic E-state index is 13.0. The van der Waals surface area contributed by atoms with Crippen molar-refractivity contribution in [2.75, 3.05) is 25.0 Å². The Morgan fingerprint density at radius 2 is 1.85 bits per heavy atom. The van der Waals surface area contributed by atoms with Crippen LogP contribution in [0.2, 0.25) is 0 Å². The molecule has 8 nitrogen and oxygen atoms in total. The Balaban J connectivity index is 1.39. The molecule has 2 amide bonds. The first kappa shape index (κ1) is 23.4. The first-order valence-corrected chi connectivity index (χ1v) is 11.0. The van der Waals surface area contributed by atoms with Gasteiger partial charge in [-0.25, -0.2) is 9.18 Å². The van der Waals surface area contributed by atoms with Gasteiger partial charge < -0.3 is 19.7 Å². The molecule has 0 bridgehead atoms. The summed E-state index contributed by atoms with van der Waals surface area (Å²) in [5.74, 6) is -0.423. The van der Waals surface area contributed by atoms with Crippen molar-refractivity contribution in [3.05, 3.63) is 71.5 Å². The van der Waals surface area contributed by atoms with E-state index in [1.807, 2.05) is 45.0 Å². The van der Waals surface area contributed by atoms with Crippen molar-refractivity contribution in [1.29, 1.82) is 0 Å². The molecule has 2 aromatic carbocycles. The maximum Gasteiger partial charge on any atom is 0.410 e. The molecule has 0 saturated carbocycles. The van der Waals surface area contributed by atoms with E-state index in [-0.39, 0.29) is 18.1 Å². The summed E-state index contributed by atoms with van der Waals surface area (Å²) in [5, 5.41) is 9.73. The second-order valence-electron chi connectivity index (χ2n) is 9.04. The van der Waals surface area contributed by atoms with Crippen LogP contribution in [0.3, 0.4) is 0 Å². The van der Waals surface area contributed by atoms with Crippen molar-refractivity contribution in [3.63, 3.8) is 0 Å². The van der Waals surface area contributed by atoms with Gasteiger partial charge in [0.15, 0.2) is 5.82 Å². The summed E-state index contributed by atoms with van der Waals surface area (Å²) in [7, 11) is 0. The topological polar surface area (TPSA) is 96.6 Å². The first-order valence-electron chi connectivity index (χ1n) is 11.0. The van der Waals surface area contributed by atoms with Gasteiger partial charge in [0.05, 0.1) is 18.8 Å². The number of amides is 2. The maximum atomic E-state index is 13.0. The summed E-state index contributed by atoms with van der Waals surface area (Å²) < 4.78 is 24.4. The van der Waals surface area contributed by atoms with Crippen LogP contribution in [0.15, 0.2) is 54.6 Å². The van der Waals surface area contributed by atoms with Gasteiger partial charge >= 0.3 is 6.09 Å². The monoisotopic (exact) mass is 466 g/mol. The number of hydrogen-bond acceptors (Lipinski definition) is 5. The molecule has 34 heavy (non-hydrogen) atoms. The molecule has 1 fully saturated rings.